The molecule has 0 radical (unpaired) electrons. The number of ether oxygens (including phenoxy) is 3. The Morgan fingerprint density at radius 3 is 2.49 bits per heavy atom. The molecule has 49 heavy (non-hydrogen) atoms. The van der Waals surface area contributed by atoms with Crippen molar-refractivity contribution in [2.24, 2.45) is 0 Å². The Bertz CT molecular complexity index is 1870. The summed E-state index contributed by atoms with van der Waals surface area (Å²) in [5.74, 6) is 0.117. The monoisotopic (exact) mass is 671 g/mol. The van der Waals surface area contributed by atoms with Crippen LogP contribution in [-0.2, 0) is 14.3 Å². The summed E-state index contributed by atoms with van der Waals surface area (Å²) in [7, 11) is 0. The SMILES string of the molecule is Cc1cc2c(cc1F)-c1cccc(c1)-c1cn3c(c(C(OC(C)(C)C)C(=O)O)c(C)c(C)c3n1)N1CCC(C)(CC1)OCCCCC(C)O2. The molecular formula is C40H50FN3O5. The molecule has 0 spiro atoms. The van der Waals surface area contributed by atoms with Crippen LogP contribution in [0.4, 0.5) is 10.2 Å². The molecule has 6 bridgehead atoms. The van der Waals surface area contributed by atoms with Crippen molar-refractivity contribution >= 4 is 17.4 Å². The summed E-state index contributed by atoms with van der Waals surface area (Å²) in [4.78, 5) is 20.4. The molecule has 5 heterocycles. The Kier molecular flexibility index (Phi) is 9.54. The first-order valence-electron chi connectivity index (χ1n) is 17.5. The standard InChI is InChI=1S/C40H50FN3O5/c1-24-20-33-30(22-31(24)41)28-13-11-14-29(21-28)32-23-44-36(42-32)27(4)26(3)34(35(38(45)46)49-39(5,6)7)37(44)43-17-15-40(8,16-18-43)47-19-10-9-12-25(2)48-33/h11,13-14,20-23,25,35H,9-10,12,15-19H2,1-8H3,(H,45,46). The number of aryl methyl sites for hydroxylation is 2. The predicted octanol–water partition coefficient (Wildman–Crippen LogP) is 9.00. The number of halogens is 1. The fourth-order valence-corrected chi connectivity index (χ4v) is 7.12. The molecule has 1 saturated heterocycles. The van der Waals surface area contributed by atoms with Gasteiger partial charge >= 0.3 is 5.97 Å². The van der Waals surface area contributed by atoms with Crippen LogP contribution in [0.15, 0.2) is 42.6 Å². The quantitative estimate of drug-likeness (QED) is 0.233. The highest BCUT2D eigenvalue weighted by molar-refractivity contribution is 5.82. The lowest BCUT2D eigenvalue weighted by atomic mass is 9.92. The smallest absolute Gasteiger partial charge is 0.337 e. The molecule has 2 aromatic carbocycles. The van der Waals surface area contributed by atoms with E-state index in [4.69, 9.17) is 19.2 Å². The zero-order chi connectivity index (χ0) is 35.2. The van der Waals surface area contributed by atoms with Crippen LogP contribution in [0, 0.1) is 26.6 Å². The second kappa shape index (κ2) is 13.4. The normalized spacial score (nSPS) is 21.0. The number of nitrogens with zero attached hydrogens (tertiary/aromatic N) is 3. The van der Waals surface area contributed by atoms with E-state index in [1.807, 2.05) is 69.5 Å². The number of carboxylic acid groups (broad SMARTS) is 1. The van der Waals surface area contributed by atoms with Crippen LogP contribution in [0.25, 0.3) is 28.0 Å². The number of rotatable bonds is 3. The summed E-state index contributed by atoms with van der Waals surface area (Å²) in [5.41, 5.74) is 5.80. The molecular weight excluding hydrogens is 621 g/mol. The summed E-state index contributed by atoms with van der Waals surface area (Å²) in [6, 6.07) is 11.3. The lowest BCUT2D eigenvalue weighted by Crippen LogP contribution is -2.45. The maximum Gasteiger partial charge on any atom is 0.337 e. The van der Waals surface area contributed by atoms with Crippen LogP contribution in [-0.4, -0.2) is 57.5 Å². The van der Waals surface area contributed by atoms with Crippen molar-refractivity contribution in [2.45, 2.75) is 111 Å². The third-order valence-corrected chi connectivity index (χ3v) is 10.1. The van der Waals surface area contributed by atoms with Crippen LogP contribution in [0.2, 0.25) is 0 Å². The molecule has 1 fully saturated rings. The summed E-state index contributed by atoms with van der Waals surface area (Å²) in [6.07, 6.45) is 5.08. The van der Waals surface area contributed by atoms with E-state index in [1.165, 1.54) is 0 Å². The van der Waals surface area contributed by atoms with Gasteiger partial charge in [-0.3, -0.25) is 4.40 Å². The van der Waals surface area contributed by atoms with E-state index >= 15 is 4.39 Å². The van der Waals surface area contributed by atoms with Gasteiger partial charge in [0.05, 0.1) is 23.0 Å². The van der Waals surface area contributed by atoms with Gasteiger partial charge in [0.2, 0.25) is 0 Å². The third kappa shape index (κ3) is 7.19. The molecule has 2 unspecified atom stereocenters. The van der Waals surface area contributed by atoms with Gasteiger partial charge in [-0.25, -0.2) is 14.2 Å². The second-order valence-electron chi connectivity index (χ2n) is 15.1. The van der Waals surface area contributed by atoms with E-state index in [1.54, 1.807) is 19.1 Å². The van der Waals surface area contributed by atoms with Crippen LogP contribution >= 0.6 is 0 Å². The molecule has 3 aliphatic rings. The van der Waals surface area contributed by atoms with Gasteiger partial charge in [-0.1, -0.05) is 18.2 Å². The van der Waals surface area contributed by atoms with Crippen molar-refractivity contribution in [1.82, 2.24) is 9.38 Å². The summed E-state index contributed by atoms with van der Waals surface area (Å²) in [5, 5.41) is 10.6. The van der Waals surface area contributed by atoms with E-state index in [0.717, 1.165) is 71.5 Å². The fraction of sp³-hybridized carbons (Fsp3) is 0.500. The van der Waals surface area contributed by atoms with Gasteiger partial charge in [0.1, 0.15) is 23.0 Å². The number of hydrogen-bond donors (Lipinski definition) is 1. The van der Waals surface area contributed by atoms with Crippen molar-refractivity contribution in [3.8, 4) is 28.1 Å². The Labute approximate surface area is 289 Å². The van der Waals surface area contributed by atoms with Crippen molar-refractivity contribution in [3.05, 3.63) is 70.7 Å². The molecule has 3 aliphatic heterocycles. The van der Waals surface area contributed by atoms with Crippen LogP contribution in [0.1, 0.15) is 95.1 Å². The number of fused-ring (bicyclic) bond motifs is 8. The van der Waals surface area contributed by atoms with E-state index in [0.29, 0.717) is 42.1 Å². The molecule has 0 saturated carbocycles. The van der Waals surface area contributed by atoms with Crippen LogP contribution in [0.5, 0.6) is 5.75 Å². The van der Waals surface area contributed by atoms with Gasteiger partial charge in [-0.2, -0.15) is 0 Å². The molecule has 262 valence electrons. The minimum atomic E-state index is -1.18. The van der Waals surface area contributed by atoms with Gasteiger partial charge in [0, 0.05) is 42.6 Å². The van der Waals surface area contributed by atoms with E-state index < -0.39 is 17.7 Å². The zero-order valence-corrected chi connectivity index (χ0v) is 30.2. The number of aliphatic carboxylic acids is 1. The van der Waals surface area contributed by atoms with Gasteiger partial charge in [0.15, 0.2) is 6.10 Å². The summed E-state index contributed by atoms with van der Waals surface area (Å²) in [6.45, 7) is 17.6. The highest BCUT2D eigenvalue weighted by Gasteiger charge is 2.38. The maximum absolute atomic E-state index is 15.1. The Hall–Kier alpha value is -3.95. The molecule has 2 aromatic heterocycles. The summed E-state index contributed by atoms with van der Waals surface area (Å²) < 4.78 is 36.4. The highest BCUT2D eigenvalue weighted by atomic mass is 19.1. The second-order valence-corrected chi connectivity index (χ2v) is 15.1. The Morgan fingerprint density at radius 2 is 1.80 bits per heavy atom. The first-order chi connectivity index (χ1) is 23.1. The average molecular weight is 672 g/mol. The Balaban J connectivity index is 1.57. The van der Waals surface area contributed by atoms with Crippen molar-refractivity contribution < 1.29 is 28.5 Å². The fourth-order valence-electron chi connectivity index (χ4n) is 7.12. The average Bonchev–Trinajstić information content (AvgIpc) is 3.48. The number of pyridine rings is 1. The molecule has 8 nitrogen and oxygen atoms in total. The number of aromatic nitrogens is 2. The molecule has 0 amide bonds. The molecule has 2 atom stereocenters. The molecule has 7 rings (SSSR count). The molecule has 9 heteroatoms. The first-order valence-corrected chi connectivity index (χ1v) is 17.5. The first kappa shape index (κ1) is 34.9. The van der Waals surface area contributed by atoms with Crippen molar-refractivity contribution in [3.63, 3.8) is 0 Å². The number of hydrogen-bond acceptors (Lipinski definition) is 6. The van der Waals surface area contributed by atoms with Crippen molar-refractivity contribution in [1.29, 1.82) is 0 Å². The van der Waals surface area contributed by atoms with Gasteiger partial charge in [-0.05, 0) is 128 Å². The Morgan fingerprint density at radius 1 is 1.08 bits per heavy atom. The van der Waals surface area contributed by atoms with Crippen molar-refractivity contribution in [2.75, 3.05) is 24.6 Å². The number of anilines is 1. The van der Waals surface area contributed by atoms with Gasteiger partial charge in [0.25, 0.3) is 0 Å². The number of imidazole rings is 1. The number of carboxylic acids is 1. The lowest BCUT2D eigenvalue weighted by molar-refractivity contribution is -0.160. The number of benzene rings is 2. The number of piperidine rings is 1. The molecule has 0 aliphatic carbocycles. The van der Waals surface area contributed by atoms with E-state index in [-0.39, 0.29) is 17.5 Å². The predicted molar refractivity (Wildman–Crippen MR) is 191 cm³/mol. The summed E-state index contributed by atoms with van der Waals surface area (Å²) >= 11 is 0. The third-order valence-electron chi connectivity index (χ3n) is 10.1. The largest absolute Gasteiger partial charge is 0.490 e. The van der Waals surface area contributed by atoms with E-state index in [9.17, 15) is 9.90 Å². The highest BCUT2D eigenvalue weighted by Crippen LogP contribution is 2.42. The number of carbonyl (C=O) groups is 1. The zero-order valence-electron chi connectivity index (χ0n) is 30.2. The topological polar surface area (TPSA) is 85.5 Å². The van der Waals surface area contributed by atoms with Crippen LogP contribution < -0.4 is 9.64 Å². The van der Waals surface area contributed by atoms with Gasteiger partial charge < -0.3 is 24.2 Å². The van der Waals surface area contributed by atoms with E-state index in [2.05, 4.69) is 18.7 Å². The maximum atomic E-state index is 15.1. The van der Waals surface area contributed by atoms with Crippen LogP contribution in [0.3, 0.4) is 0 Å². The minimum absolute atomic E-state index is 0.0506. The minimum Gasteiger partial charge on any atom is -0.490 e. The lowest BCUT2D eigenvalue weighted by Gasteiger charge is -2.42. The molecule has 1 N–H and O–H groups in total. The van der Waals surface area contributed by atoms with Gasteiger partial charge in [-0.15, -0.1) is 0 Å². The molecule has 4 aromatic rings.